The highest BCUT2D eigenvalue weighted by Crippen LogP contribution is 2.17. The maximum absolute atomic E-state index is 5.43. The first kappa shape index (κ1) is 40.0. The molecule has 206 valence electrons. The molecule has 0 heterocycles. The van der Waals surface area contributed by atoms with Gasteiger partial charge in [0, 0.05) is 26.4 Å². The molecule has 0 saturated heterocycles. The Bertz CT molecular complexity index is 311. The molecule has 4 nitrogen and oxygen atoms in total. The van der Waals surface area contributed by atoms with Crippen molar-refractivity contribution in [3.63, 3.8) is 0 Å². The van der Waals surface area contributed by atoms with Gasteiger partial charge in [0.15, 0.2) is 0 Å². The molecule has 4 heteroatoms. The van der Waals surface area contributed by atoms with E-state index >= 15 is 0 Å². The number of rotatable bonds is 18. The van der Waals surface area contributed by atoms with Gasteiger partial charge in [0.25, 0.3) is 0 Å². The quantitative estimate of drug-likeness (QED) is 0.184. The van der Waals surface area contributed by atoms with Gasteiger partial charge in [-0.3, -0.25) is 0 Å². The van der Waals surface area contributed by atoms with Crippen molar-refractivity contribution in [2.24, 2.45) is 17.3 Å². The van der Waals surface area contributed by atoms with Crippen LogP contribution in [0.2, 0.25) is 0 Å². The van der Waals surface area contributed by atoms with Gasteiger partial charge >= 0.3 is 0 Å². The highest BCUT2D eigenvalue weighted by molar-refractivity contribution is 4.59. The van der Waals surface area contributed by atoms with Crippen LogP contribution in [-0.2, 0) is 18.9 Å². The molecule has 33 heavy (non-hydrogen) atoms. The summed E-state index contributed by atoms with van der Waals surface area (Å²) in [5, 5.41) is 0. The molecule has 0 bridgehead atoms. The van der Waals surface area contributed by atoms with Gasteiger partial charge in [-0.25, -0.2) is 0 Å². The molecular formula is C29H66O4. The lowest BCUT2D eigenvalue weighted by molar-refractivity contribution is 0.0390. The highest BCUT2D eigenvalue weighted by atomic mass is 16.5. The van der Waals surface area contributed by atoms with Gasteiger partial charge in [-0.05, 0) is 42.9 Å². The second-order valence-electron chi connectivity index (χ2n) is 10.5. The molecule has 0 spiro atoms. The molecular weight excluding hydrogens is 412 g/mol. The standard InChI is InChI=1S/C11H24O2.C10H22O2.C7H16.CH4/c1-5-7-12-9-10-13-8-6-11(2,3)4;1-4-6-11-8-9-12-7-5-10(2)3;1-4-5-6-7(2)3;/h5-10H2,1-4H3;10H,4-9H2,1-3H3;7H,4-6H2,1-3H3;1H4. The van der Waals surface area contributed by atoms with E-state index in [-0.39, 0.29) is 7.43 Å². The SMILES string of the molecule is C.CCCCC(C)C.CCCOCCOCCC(C)(C)C.CCCOCCOCCC(C)C. The zero-order valence-corrected chi connectivity index (χ0v) is 23.9. The van der Waals surface area contributed by atoms with E-state index in [0.29, 0.717) is 5.41 Å². The monoisotopic (exact) mass is 478 g/mol. The molecule has 0 saturated carbocycles. The van der Waals surface area contributed by atoms with Crippen LogP contribution in [-0.4, -0.2) is 52.9 Å². The molecule has 0 radical (unpaired) electrons. The van der Waals surface area contributed by atoms with Crippen LogP contribution >= 0.6 is 0 Å². The molecule has 0 aromatic rings. The summed E-state index contributed by atoms with van der Waals surface area (Å²) in [4.78, 5) is 0. The van der Waals surface area contributed by atoms with E-state index in [9.17, 15) is 0 Å². The molecule has 0 rings (SSSR count). The van der Waals surface area contributed by atoms with E-state index in [1.54, 1.807) is 0 Å². The number of unbranched alkanes of at least 4 members (excludes halogenated alkanes) is 1. The number of hydrogen-bond donors (Lipinski definition) is 0. The minimum Gasteiger partial charge on any atom is -0.379 e. The van der Waals surface area contributed by atoms with Crippen molar-refractivity contribution in [1.29, 1.82) is 0 Å². The summed E-state index contributed by atoms with van der Waals surface area (Å²) in [5.74, 6) is 1.64. The second-order valence-corrected chi connectivity index (χ2v) is 10.5. The molecule has 0 aliphatic carbocycles. The van der Waals surface area contributed by atoms with Crippen molar-refractivity contribution >= 4 is 0 Å². The van der Waals surface area contributed by atoms with Gasteiger partial charge < -0.3 is 18.9 Å². The summed E-state index contributed by atoms with van der Waals surface area (Å²) in [5.41, 5.74) is 0.379. The first-order valence-electron chi connectivity index (χ1n) is 13.4. The van der Waals surface area contributed by atoms with E-state index < -0.39 is 0 Å². The van der Waals surface area contributed by atoms with Crippen LogP contribution in [0.3, 0.4) is 0 Å². The third-order valence-electron chi connectivity index (χ3n) is 4.41. The fraction of sp³-hybridized carbons (Fsp3) is 1.00. The lowest BCUT2D eigenvalue weighted by Crippen LogP contribution is -2.12. The maximum Gasteiger partial charge on any atom is 0.0700 e. The van der Waals surface area contributed by atoms with Crippen LogP contribution in [0.15, 0.2) is 0 Å². The first-order valence-corrected chi connectivity index (χ1v) is 13.4. The molecule has 0 atom stereocenters. The number of ether oxygens (including phenoxy) is 4. The summed E-state index contributed by atoms with van der Waals surface area (Å²) in [6.45, 7) is 28.5. The van der Waals surface area contributed by atoms with E-state index in [1.807, 2.05) is 0 Å². The highest BCUT2D eigenvalue weighted by Gasteiger charge is 2.08. The van der Waals surface area contributed by atoms with Crippen molar-refractivity contribution in [2.45, 2.75) is 122 Å². The summed E-state index contributed by atoms with van der Waals surface area (Å²) in [6.07, 6.45) is 8.58. The van der Waals surface area contributed by atoms with Gasteiger partial charge in [0.1, 0.15) is 0 Å². The van der Waals surface area contributed by atoms with Crippen molar-refractivity contribution < 1.29 is 18.9 Å². The molecule has 0 aromatic heterocycles. The summed E-state index contributed by atoms with van der Waals surface area (Å²) >= 11 is 0. The minimum absolute atomic E-state index is 0. The normalized spacial score (nSPS) is 10.9. The second kappa shape index (κ2) is 31.8. The molecule has 0 N–H and O–H groups in total. The largest absolute Gasteiger partial charge is 0.379 e. The van der Waals surface area contributed by atoms with E-state index in [2.05, 4.69) is 69.2 Å². The third-order valence-corrected chi connectivity index (χ3v) is 4.41. The van der Waals surface area contributed by atoms with Gasteiger partial charge in [0.05, 0.1) is 26.4 Å². The lowest BCUT2D eigenvalue weighted by Gasteiger charge is -2.17. The van der Waals surface area contributed by atoms with Gasteiger partial charge in [-0.15, -0.1) is 0 Å². The van der Waals surface area contributed by atoms with Crippen molar-refractivity contribution in [1.82, 2.24) is 0 Å². The third kappa shape index (κ3) is 54.3. The van der Waals surface area contributed by atoms with Crippen LogP contribution in [0, 0.1) is 17.3 Å². The minimum atomic E-state index is 0. The predicted octanol–water partition coefficient (Wildman–Crippen LogP) is 8.81. The fourth-order valence-corrected chi connectivity index (χ4v) is 2.24. The van der Waals surface area contributed by atoms with Gasteiger partial charge in [-0.2, -0.15) is 0 Å². The summed E-state index contributed by atoms with van der Waals surface area (Å²) in [6, 6.07) is 0. The van der Waals surface area contributed by atoms with Crippen molar-refractivity contribution in [3.05, 3.63) is 0 Å². The zero-order chi connectivity index (χ0) is 25.1. The molecule has 0 aromatic carbocycles. The molecule has 0 unspecified atom stereocenters. The maximum atomic E-state index is 5.43. The molecule has 0 fully saturated rings. The van der Waals surface area contributed by atoms with Crippen molar-refractivity contribution in [2.75, 3.05) is 52.9 Å². The van der Waals surface area contributed by atoms with Crippen LogP contribution in [0.4, 0.5) is 0 Å². The summed E-state index contributed by atoms with van der Waals surface area (Å²) in [7, 11) is 0. The van der Waals surface area contributed by atoms with E-state index in [4.69, 9.17) is 18.9 Å². The smallest absolute Gasteiger partial charge is 0.0700 e. The average molecular weight is 479 g/mol. The molecule has 0 aliphatic rings. The number of hydrogen-bond acceptors (Lipinski definition) is 4. The van der Waals surface area contributed by atoms with E-state index in [0.717, 1.165) is 90.4 Å². The topological polar surface area (TPSA) is 36.9 Å². The lowest BCUT2D eigenvalue weighted by atomic mass is 9.93. The molecule has 0 amide bonds. The van der Waals surface area contributed by atoms with Crippen LogP contribution in [0.1, 0.15) is 122 Å². The molecule has 0 aliphatic heterocycles. The van der Waals surface area contributed by atoms with Crippen LogP contribution in [0.25, 0.3) is 0 Å². The average Bonchev–Trinajstić information content (AvgIpc) is 2.71. The summed E-state index contributed by atoms with van der Waals surface area (Å²) < 4.78 is 21.4. The Balaban J connectivity index is -0.000000196. The fourth-order valence-electron chi connectivity index (χ4n) is 2.24. The Morgan fingerprint density at radius 3 is 1.21 bits per heavy atom. The van der Waals surface area contributed by atoms with Crippen LogP contribution in [0.5, 0.6) is 0 Å². The van der Waals surface area contributed by atoms with Gasteiger partial charge in [0.2, 0.25) is 0 Å². The Morgan fingerprint density at radius 2 is 0.909 bits per heavy atom. The zero-order valence-electron chi connectivity index (χ0n) is 23.9. The van der Waals surface area contributed by atoms with Crippen LogP contribution < -0.4 is 0 Å². The predicted molar refractivity (Wildman–Crippen MR) is 148 cm³/mol. The first-order chi connectivity index (χ1) is 15.1. The van der Waals surface area contributed by atoms with Crippen molar-refractivity contribution in [3.8, 4) is 0 Å². The Morgan fingerprint density at radius 1 is 0.515 bits per heavy atom. The Hall–Kier alpha value is -0.160. The van der Waals surface area contributed by atoms with E-state index in [1.165, 1.54) is 19.3 Å². The Labute approximate surface area is 210 Å². The van der Waals surface area contributed by atoms with Gasteiger partial charge in [-0.1, -0.05) is 95.9 Å². The Kier molecular flexibility index (Phi) is 38.6.